The highest BCUT2D eigenvalue weighted by atomic mass is 32.2. The highest BCUT2D eigenvalue weighted by molar-refractivity contribution is 7.92. The van der Waals surface area contributed by atoms with E-state index in [2.05, 4.69) is 53.4 Å². The van der Waals surface area contributed by atoms with Crippen LogP contribution in [-0.2, 0) is 16.6 Å². The predicted molar refractivity (Wildman–Crippen MR) is 166 cm³/mol. The fourth-order valence-corrected chi connectivity index (χ4v) is 6.48. The quantitative estimate of drug-likeness (QED) is 0.269. The first-order chi connectivity index (χ1) is 19.7. The number of hydrogen-bond donors (Lipinski definition) is 0. The van der Waals surface area contributed by atoms with E-state index in [1.54, 1.807) is 0 Å². The molecule has 1 fully saturated rings. The Kier molecular flexibility index (Phi) is 8.57. The van der Waals surface area contributed by atoms with Gasteiger partial charge >= 0.3 is 0 Å². The molecule has 1 heterocycles. The molecule has 0 bridgehead atoms. The predicted octanol–water partition coefficient (Wildman–Crippen LogP) is 5.82. The molecule has 0 saturated carbocycles. The lowest BCUT2D eigenvalue weighted by atomic mass is 9.96. The molecular formula is C34H37N3O3S. The van der Waals surface area contributed by atoms with E-state index in [1.165, 1.54) is 21.7 Å². The third-order valence-corrected chi connectivity index (χ3v) is 8.88. The van der Waals surface area contributed by atoms with Crippen molar-refractivity contribution in [2.75, 3.05) is 36.7 Å². The molecular weight excluding hydrogens is 530 g/mol. The molecule has 1 amide bonds. The Morgan fingerprint density at radius 1 is 0.780 bits per heavy atom. The molecule has 5 rings (SSSR count). The van der Waals surface area contributed by atoms with Gasteiger partial charge in [0, 0.05) is 31.7 Å². The summed E-state index contributed by atoms with van der Waals surface area (Å²) in [6.07, 6.45) is 1.23. The van der Waals surface area contributed by atoms with E-state index in [0.29, 0.717) is 24.3 Å². The van der Waals surface area contributed by atoms with Crippen molar-refractivity contribution >= 4 is 21.6 Å². The zero-order valence-electron chi connectivity index (χ0n) is 23.9. The van der Waals surface area contributed by atoms with Gasteiger partial charge in [0.05, 0.1) is 24.5 Å². The molecule has 4 aromatic rings. The van der Waals surface area contributed by atoms with Crippen LogP contribution in [0.25, 0.3) is 0 Å². The molecule has 1 saturated heterocycles. The van der Waals surface area contributed by atoms with Crippen LogP contribution in [0, 0.1) is 13.8 Å². The maximum atomic E-state index is 13.4. The molecule has 0 aromatic heterocycles. The van der Waals surface area contributed by atoms with Gasteiger partial charge in [-0.25, -0.2) is 8.42 Å². The van der Waals surface area contributed by atoms with Crippen LogP contribution in [0.2, 0.25) is 0 Å². The van der Waals surface area contributed by atoms with Crippen molar-refractivity contribution in [3.63, 3.8) is 0 Å². The monoisotopic (exact) mass is 567 g/mol. The summed E-state index contributed by atoms with van der Waals surface area (Å²) in [6.45, 7) is 6.91. The molecule has 41 heavy (non-hydrogen) atoms. The van der Waals surface area contributed by atoms with Crippen molar-refractivity contribution in [1.29, 1.82) is 0 Å². The van der Waals surface area contributed by atoms with Gasteiger partial charge in [0.2, 0.25) is 10.0 Å². The van der Waals surface area contributed by atoms with Crippen LogP contribution in [0.15, 0.2) is 103 Å². The molecule has 0 spiro atoms. The molecule has 6 nitrogen and oxygen atoms in total. The minimum Gasteiger partial charge on any atom is -0.336 e. The number of piperazine rings is 1. The number of nitrogens with zero attached hydrogens (tertiary/aromatic N) is 3. The second kappa shape index (κ2) is 12.3. The molecule has 1 aliphatic heterocycles. The van der Waals surface area contributed by atoms with E-state index in [0.717, 1.165) is 29.8 Å². The van der Waals surface area contributed by atoms with Crippen LogP contribution in [0.1, 0.15) is 44.2 Å². The molecule has 7 heteroatoms. The number of rotatable bonds is 8. The zero-order valence-corrected chi connectivity index (χ0v) is 24.7. The second-order valence-electron chi connectivity index (χ2n) is 10.8. The largest absolute Gasteiger partial charge is 0.336 e. The lowest BCUT2D eigenvalue weighted by Crippen LogP contribution is -2.49. The second-order valence-corrected chi connectivity index (χ2v) is 12.7. The SMILES string of the molecule is Cc1ccc(C)c(N(Cc2ccc(C(=O)N3CCN(C(c4ccccc4)c4ccccc4)CC3)cc2)S(C)(=O)=O)c1. The Morgan fingerprint density at radius 2 is 1.34 bits per heavy atom. The number of carbonyl (C=O) groups excluding carboxylic acids is 1. The van der Waals surface area contributed by atoms with Crippen molar-refractivity contribution in [1.82, 2.24) is 9.80 Å². The van der Waals surface area contributed by atoms with Crippen LogP contribution in [0.3, 0.4) is 0 Å². The highest BCUT2D eigenvalue weighted by Gasteiger charge is 2.28. The van der Waals surface area contributed by atoms with Crippen molar-refractivity contribution < 1.29 is 13.2 Å². The van der Waals surface area contributed by atoms with E-state index in [-0.39, 0.29) is 18.5 Å². The van der Waals surface area contributed by atoms with Crippen molar-refractivity contribution in [2.24, 2.45) is 0 Å². The molecule has 0 unspecified atom stereocenters. The fourth-order valence-electron chi connectivity index (χ4n) is 5.54. The Bertz CT molecular complexity index is 1540. The van der Waals surface area contributed by atoms with Gasteiger partial charge in [0.15, 0.2) is 0 Å². The Balaban J connectivity index is 1.27. The van der Waals surface area contributed by atoms with Crippen LogP contribution in [-0.4, -0.2) is 56.6 Å². The lowest BCUT2D eigenvalue weighted by molar-refractivity contribution is 0.0597. The van der Waals surface area contributed by atoms with E-state index in [4.69, 9.17) is 0 Å². The minimum absolute atomic E-state index is 0.00155. The first kappa shape index (κ1) is 28.6. The molecule has 1 aliphatic rings. The van der Waals surface area contributed by atoms with E-state index < -0.39 is 10.0 Å². The number of amides is 1. The molecule has 0 aliphatic carbocycles. The van der Waals surface area contributed by atoms with Gasteiger partial charge in [-0.2, -0.15) is 0 Å². The number of sulfonamides is 1. The summed E-state index contributed by atoms with van der Waals surface area (Å²) in [4.78, 5) is 17.8. The summed E-state index contributed by atoms with van der Waals surface area (Å²) < 4.78 is 26.8. The zero-order chi connectivity index (χ0) is 29.0. The molecule has 212 valence electrons. The summed E-state index contributed by atoms with van der Waals surface area (Å²) in [5.74, 6) is 0.00155. The normalized spacial score (nSPS) is 14.3. The van der Waals surface area contributed by atoms with Crippen molar-refractivity contribution in [2.45, 2.75) is 26.4 Å². The average molecular weight is 568 g/mol. The number of hydrogen-bond acceptors (Lipinski definition) is 4. The lowest BCUT2D eigenvalue weighted by Gasteiger charge is -2.39. The fraction of sp³-hybridized carbons (Fsp3) is 0.265. The standard InChI is InChI=1S/C34H37N3O3S/c1-26-14-15-27(2)32(24-26)37(41(3,39)40)25-28-16-18-31(19-17-28)34(38)36-22-20-35(21-23-36)33(29-10-6-4-7-11-29)30-12-8-5-9-13-30/h4-19,24,33H,20-23,25H2,1-3H3. The number of anilines is 1. The summed E-state index contributed by atoms with van der Waals surface area (Å²) in [5, 5.41) is 0. The number of carbonyl (C=O) groups is 1. The van der Waals surface area contributed by atoms with Gasteiger partial charge in [-0.3, -0.25) is 14.0 Å². The minimum atomic E-state index is -3.50. The van der Waals surface area contributed by atoms with Crippen LogP contribution >= 0.6 is 0 Å². The first-order valence-electron chi connectivity index (χ1n) is 14.0. The van der Waals surface area contributed by atoms with Gasteiger partial charge < -0.3 is 4.90 Å². The summed E-state index contributed by atoms with van der Waals surface area (Å²) >= 11 is 0. The van der Waals surface area contributed by atoms with E-state index in [9.17, 15) is 13.2 Å². The van der Waals surface area contributed by atoms with Gasteiger partial charge in [0.1, 0.15) is 0 Å². The molecule has 0 N–H and O–H groups in total. The molecule has 4 aromatic carbocycles. The third kappa shape index (κ3) is 6.69. The van der Waals surface area contributed by atoms with Crippen LogP contribution in [0.4, 0.5) is 5.69 Å². The molecule has 0 radical (unpaired) electrons. The van der Waals surface area contributed by atoms with Crippen LogP contribution < -0.4 is 4.31 Å². The smallest absolute Gasteiger partial charge is 0.253 e. The third-order valence-electron chi connectivity index (χ3n) is 7.76. The highest BCUT2D eigenvalue weighted by Crippen LogP contribution is 2.30. The van der Waals surface area contributed by atoms with E-state index >= 15 is 0 Å². The average Bonchev–Trinajstić information content (AvgIpc) is 2.98. The van der Waals surface area contributed by atoms with Gasteiger partial charge in [0.25, 0.3) is 5.91 Å². The molecule has 0 atom stereocenters. The maximum Gasteiger partial charge on any atom is 0.253 e. The summed E-state index contributed by atoms with van der Waals surface area (Å²) in [5.41, 5.74) is 6.51. The maximum absolute atomic E-state index is 13.4. The topological polar surface area (TPSA) is 60.9 Å². The van der Waals surface area contributed by atoms with E-state index in [1.807, 2.05) is 73.3 Å². The Hall–Kier alpha value is -3.94. The van der Waals surface area contributed by atoms with Gasteiger partial charge in [-0.1, -0.05) is 84.9 Å². The summed E-state index contributed by atoms with van der Waals surface area (Å²) in [7, 11) is -3.50. The van der Waals surface area contributed by atoms with Crippen molar-refractivity contribution in [3.05, 3.63) is 137 Å². The van der Waals surface area contributed by atoms with Crippen molar-refractivity contribution in [3.8, 4) is 0 Å². The van der Waals surface area contributed by atoms with Crippen LogP contribution in [0.5, 0.6) is 0 Å². The Morgan fingerprint density at radius 3 is 1.88 bits per heavy atom. The number of aryl methyl sites for hydroxylation is 2. The first-order valence-corrected chi connectivity index (χ1v) is 15.8. The summed E-state index contributed by atoms with van der Waals surface area (Å²) in [6, 6.07) is 34.3. The Labute approximate surface area is 243 Å². The van der Waals surface area contributed by atoms with Gasteiger partial charge in [-0.15, -0.1) is 0 Å². The van der Waals surface area contributed by atoms with Gasteiger partial charge in [-0.05, 0) is 59.9 Å². The number of benzene rings is 4.